The summed E-state index contributed by atoms with van der Waals surface area (Å²) in [5, 5.41) is 11.6. The van der Waals surface area contributed by atoms with E-state index < -0.39 is 5.97 Å². The van der Waals surface area contributed by atoms with Gasteiger partial charge in [-0.1, -0.05) is 13.8 Å². The van der Waals surface area contributed by atoms with Crippen molar-refractivity contribution < 1.29 is 14.7 Å². The van der Waals surface area contributed by atoms with Crippen LogP contribution in [0.5, 0.6) is 0 Å². The summed E-state index contributed by atoms with van der Waals surface area (Å²) in [5.74, 6) is -0.816. The zero-order chi connectivity index (χ0) is 14.5. The highest BCUT2D eigenvalue weighted by Crippen LogP contribution is 2.34. The summed E-state index contributed by atoms with van der Waals surface area (Å²) in [4.78, 5) is 23.9. The minimum absolute atomic E-state index is 0.0879. The summed E-state index contributed by atoms with van der Waals surface area (Å²) in [6.07, 6.45) is 4.94. The normalized spacial score (nSPS) is 18.9. The third-order valence-electron chi connectivity index (χ3n) is 3.90. The molecule has 0 heterocycles. The van der Waals surface area contributed by atoms with Crippen LogP contribution in [0.4, 0.5) is 4.79 Å². The Labute approximate surface area is 115 Å². The summed E-state index contributed by atoms with van der Waals surface area (Å²) in [6, 6.07) is 0.178. The van der Waals surface area contributed by atoms with Gasteiger partial charge in [0, 0.05) is 26.1 Å². The van der Waals surface area contributed by atoms with Crippen LogP contribution >= 0.6 is 0 Å². The van der Waals surface area contributed by atoms with Crippen LogP contribution in [0.15, 0.2) is 0 Å². The first kappa shape index (κ1) is 15.8. The Kier molecular flexibility index (Phi) is 5.63. The van der Waals surface area contributed by atoms with Gasteiger partial charge in [0.2, 0.25) is 0 Å². The second kappa shape index (κ2) is 6.78. The molecule has 0 aliphatic heterocycles. The highest BCUT2D eigenvalue weighted by atomic mass is 16.4. The van der Waals surface area contributed by atoms with Gasteiger partial charge in [-0.25, -0.2) is 4.79 Å². The van der Waals surface area contributed by atoms with Gasteiger partial charge >= 0.3 is 12.0 Å². The number of carboxylic acid groups (broad SMARTS) is 1. The van der Waals surface area contributed by atoms with Gasteiger partial charge in [-0.05, 0) is 37.5 Å². The van der Waals surface area contributed by atoms with Gasteiger partial charge in [0.25, 0.3) is 0 Å². The first-order valence-corrected chi connectivity index (χ1v) is 7.03. The smallest absolute Gasteiger partial charge is 0.317 e. The van der Waals surface area contributed by atoms with Crippen molar-refractivity contribution in [3.63, 3.8) is 0 Å². The van der Waals surface area contributed by atoms with Crippen LogP contribution in [0.3, 0.4) is 0 Å². The van der Waals surface area contributed by atoms with Crippen LogP contribution in [-0.4, -0.2) is 41.6 Å². The Morgan fingerprint density at radius 2 is 1.89 bits per heavy atom. The maximum Gasteiger partial charge on any atom is 0.317 e. The molecule has 2 N–H and O–H groups in total. The van der Waals surface area contributed by atoms with Crippen molar-refractivity contribution in [1.29, 1.82) is 0 Å². The zero-order valence-electron chi connectivity index (χ0n) is 12.2. The van der Waals surface area contributed by atoms with E-state index in [2.05, 4.69) is 19.2 Å². The van der Waals surface area contributed by atoms with Crippen molar-refractivity contribution in [1.82, 2.24) is 10.2 Å². The molecular formula is C14H26N2O3. The number of aliphatic carboxylic acids is 1. The SMILES string of the molecule is CN(CCCC(=O)O)C(=O)NC1CCC(C)(C)CC1. The topological polar surface area (TPSA) is 69.6 Å². The maximum absolute atomic E-state index is 11.9. The van der Waals surface area contributed by atoms with Gasteiger partial charge in [0.05, 0.1) is 0 Å². The number of amides is 2. The van der Waals surface area contributed by atoms with Crippen LogP contribution in [0, 0.1) is 5.41 Å². The lowest BCUT2D eigenvalue weighted by molar-refractivity contribution is -0.137. The molecule has 5 heteroatoms. The van der Waals surface area contributed by atoms with Crippen molar-refractivity contribution >= 4 is 12.0 Å². The largest absolute Gasteiger partial charge is 0.481 e. The number of urea groups is 1. The lowest BCUT2D eigenvalue weighted by Crippen LogP contribution is -2.45. The molecule has 5 nitrogen and oxygen atoms in total. The molecule has 1 saturated carbocycles. The fourth-order valence-corrected chi connectivity index (χ4v) is 2.40. The van der Waals surface area contributed by atoms with E-state index in [0.717, 1.165) is 25.7 Å². The molecule has 0 atom stereocenters. The maximum atomic E-state index is 11.9. The fourth-order valence-electron chi connectivity index (χ4n) is 2.40. The highest BCUT2D eigenvalue weighted by molar-refractivity contribution is 5.74. The van der Waals surface area contributed by atoms with Gasteiger partial charge in [0.1, 0.15) is 0 Å². The second-order valence-electron chi connectivity index (χ2n) is 6.31. The van der Waals surface area contributed by atoms with E-state index in [-0.39, 0.29) is 18.5 Å². The summed E-state index contributed by atoms with van der Waals surface area (Å²) < 4.78 is 0. The lowest BCUT2D eigenvalue weighted by Gasteiger charge is -2.35. The Morgan fingerprint density at radius 3 is 2.42 bits per heavy atom. The van der Waals surface area contributed by atoms with Crippen LogP contribution < -0.4 is 5.32 Å². The van der Waals surface area contributed by atoms with E-state index in [4.69, 9.17) is 5.11 Å². The zero-order valence-corrected chi connectivity index (χ0v) is 12.2. The Hall–Kier alpha value is -1.26. The molecule has 110 valence electrons. The minimum atomic E-state index is -0.816. The monoisotopic (exact) mass is 270 g/mol. The summed E-state index contributed by atoms with van der Waals surface area (Å²) >= 11 is 0. The molecule has 0 unspecified atom stereocenters. The molecule has 0 radical (unpaired) electrons. The molecular weight excluding hydrogens is 244 g/mol. The summed E-state index contributed by atoms with van der Waals surface area (Å²) in [7, 11) is 1.71. The molecule has 19 heavy (non-hydrogen) atoms. The number of hydrogen-bond acceptors (Lipinski definition) is 2. The number of nitrogens with zero attached hydrogens (tertiary/aromatic N) is 1. The Morgan fingerprint density at radius 1 is 1.32 bits per heavy atom. The molecule has 1 rings (SSSR count). The first-order chi connectivity index (χ1) is 8.80. The van der Waals surface area contributed by atoms with Crippen LogP contribution in [0.1, 0.15) is 52.4 Å². The highest BCUT2D eigenvalue weighted by Gasteiger charge is 2.27. The molecule has 2 amide bonds. The van der Waals surface area contributed by atoms with E-state index in [1.54, 1.807) is 11.9 Å². The first-order valence-electron chi connectivity index (χ1n) is 7.03. The molecule has 0 saturated heterocycles. The number of nitrogens with one attached hydrogen (secondary N) is 1. The number of carbonyl (C=O) groups is 2. The van der Waals surface area contributed by atoms with E-state index >= 15 is 0 Å². The predicted octanol–water partition coefficient (Wildman–Crippen LogP) is 2.46. The van der Waals surface area contributed by atoms with Gasteiger partial charge in [-0.3, -0.25) is 4.79 Å². The molecule has 1 fully saturated rings. The average molecular weight is 270 g/mol. The van der Waals surface area contributed by atoms with Crippen molar-refractivity contribution in [2.45, 2.75) is 58.4 Å². The fraction of sp³-hybridized carbons (Fsp3) is 0.857. The van der Waals surface area contributed by atoms with E-state index in [9.17, 15) is 9.59 Å². The number of carboxylic acids is 1. The summed E-state index contributed by atoms with van der Waals surface area (Å²) in [5.41, 5.74) is 0.397. The van der Waals surface area contributed by atoms with E-state index in [1.807, 2.05) is 0 Å². The van der Waals surface area contributed by atoms with Gasteiger partial charge in [0.15, 0.2) is 0 Å². The molecule has 0 aromatic carbocycles. The number of hydrogen-bond donors (Lipinski definition) is 2. The van der Waals surface area contributed by atoms with Crippen LogP contribution in [0.25, 0.3) is 0 Å². The third-order valence-corrected chi connectivity index (χ3v) is 3.90. The molecule has 1 aliphatic carbocycles. The van der Waals surface area contributed by atoms with Gasteiger partial charge < -0.3 is 15.3 Å². The minimum Gasteiger partial charge on any atom is -0.481 e. The Bertz CT molecular complexity index is 319. The third kappa shape index (κ3) is 5.94. The van der Waals surface area contributed by atoms with Crippen molar-refractivity contribution in [3.05, 3.63) is 0 Å². The van der Waals surface area contributed by atoms with Crippen molar-refractivity contribution in [2.24, 2.45) is 5.41 Å². The summed E-state index contributed by atoms with van der Waals surface area (Å²) in [6.45, 7) is 5.02. The Balaban J connectivity index is 2.25. The predicted molar refractivity (Wildman–Crippen MR) is 74.1 cm³/mol. The van der Waals surface area contributed by atoms with Gasteiger partial charge in [-0.2, -0.15) is 0 Å². The van der Waals surface area contributed by atoms with E-state index in [1.165, 1.54) is 0 Å². The van der Waals surface area contributed by atoms with Crippen molar-refractivity contribution in [2.75, 3.05) is 13.6 Å². The van der Waals surface area contributed by atoms with Crippen molar-refractivity contribution in [3.8, 4) is 0 Å². The van der Waals surface area contributed by atoms with Gasteiger partial charge in [-0.15, -0.1) is 0 Å². The second-order valence-corrected chi connectivity index (χ2v) is 6.31. The molecule has 0 aromatic rings. The van der Waals surface area contributed by atoms with E-state index in [0.29, 0.717) is 18.4 Å². The number of rotatable bonds is 5. The molecule has 1 aliphatic rings. The van der Waals surface area contributed by atoms with Crippen LogP contribution in [-0.2, 0) is 4.79 Å². The average Bonchev–Trinajstić information content (AvgIpc) is 2.31. The number of carbonyl (C=O) groups excluding carboxylic acids is 1. The lowest BCUT2D eigenvalue weighted by atomic mass is 9.76. The molecule has 0 spiro atoms. The van der Waals surface area contributed by atoms with Crippen LogP contribution in [0.2, 0.25) is 0 Å². The molecule has 0 bridgehead atoms. The quantitative estimate of drug-likeness (QED) is 0.806. The standard InChI is InChI=1S/C14H26N2O3/c1-14(2)8-6-11(7-9-14)15-13(19)16(3)10-4-5-12(17)18/h11H,4-10H2,1-3H3,(H,15,19)(H,17,18). The molecule has 0 aromatic heterocycles.